The van der Waals surface area contributed by atoms with Gasteiger partial charge < -0.3 is 14.6 Å². The molecule has 3 heteroatoms. The Bertz CT molecular complexity index is 426. The molecular weight excluding hydrogens is 252 g/mol. The first-order chi connectivity index (χ1) is 9.83. The monoisotopic (exact) mass is 276 g/mol. The van der Waals surface area contributed by atoms with Crippen molar-refractivity contribution in [3.63, 3.8) is 0 Å². The highest BCUT2D eigenvalue weighted by atomic mass is 16.7. The summed E-state index contributed by atoms with van der Waals surface area (Å²) < 4.78 is 11.5. The van der Waals surface area contributed by atoms with Crippen molar-refractivity contribution in [3.05, 3.63) is 29.8 Å². The van der Waals surface area contributed by atoms with Crippen LogP contribution in [0, 0.1) is 0 Å². The van der Waals surface area contributed by atoms with Gasteiger partial charge in [0.25, 0.3) is 0 Å². The molecule has 0 aromatic heterocycles. The zero-order chi connectivity index (χ0) is 13.8. The highest BCUT2D eigenvalue weighted by Gasteiger charge is 2.25. The van der Waals surface area contributed by atoms with E-state index in [4.69, 9.17) is 9.47 Å². The molecule has 20 heavy (non-hydrogen) atoms. The summed E-state index contributed by atoms with van der Waals surface area (Å²) >= 11 is 0. The van der Waals surface area contributed by atoms with Crippen molar-refractivity contribution in [1.29, 1.82) is 0 Å². The van der Waals surface area contributed by atoms with Crippen LogP contribution in [0.2, 0.25) is 0 Å². The van der Waals surface area contributed by atoms with Gasteiger partial charge in [-0.15, -0.1) is 0 Å². The summed E-state index contributed by atoms with van der Waals surface area (Å²) in [6.45, 7) is 0.797. The number of aliphatic hydroxyl groups is 1. The van der Waals surface area contributed by atoms with Crippen LogP contribution in [0.1, 0.15) is 56.4 Å². The smallest absolute Gasteiger partial charge is 0.199 e. The Morgan fingerprint density at radius 1 is 1.05 bits per heavy atom. The molecule has 1 unspecified atom stereocenters. The van der Waals surface area contributed by atoms with Crippen LogP contribution in [0.3, 0.4) is 0 Å². The number of hydrogen-bond acceptors (Lipinski definition) is 3. The number of ether oxygens (including phenoxy) is 2. The molecule has 3 nitrogen and oxygen atoms in total. The average molecular weight is 276 g/mol. The van der Waals surface area contributed by atoms with Crippen LogP contribution in [0.4, 0.5) is 0 Å². The second kappa shape index (κ2) is 6.59. The molecule has 3 atom stereocenters. The maximum absolute atomic E-state index is 10.2. The molecule has 3 rings (SSSR count). The van der Waals surface area contributed by atoms with Crippen molar-refractivity contribution in [2.45, 2.75) is 63.3 Å². The van der Waals surface area contributed by atoms with Crippen LogP contribution >= 0.6 is 0 Å². The summed E-state index contributed by atoms with van der Waals surface area (Å²) in [5, 5.41) is 10.2. The van der Waals surface area contributed by atoms with Crippen LogP contribution in [0.5, 0.6) is 5.75 Å². The van der Waals surface area contributed by atoms with Gasteiger partial charge in [-0.25, -0.2) is 0 Å². The minimum Gasteiger partial charge on any atom is -0.465 e. The molecule has 1 aromatic carbocycles. The third-order valence-electron chi connectivity index (χ3n) is 4.42. The van der Waals surface area contributed by atoms with E-state index in [9.17, 15) is 5.11 Å². The first-order valence-electron chi connectivity index (χ1n) is 7.89. The maximum Gasteiger partial charge on any atom is 0.199 e. The van der Waals surface area contributed by atoms with E-state index in [1.54, 1.807) is 0 Å². The van der Waals surface area contributed by atoms with E-state index in [1.165, 1.54) is 18.4 Å². The fourth-order valence-electron chi connectivity index (χ4n) is 3.27. The predicted octanol–water partition coefficient (Wildman–Crippen LogP) is 3.61. The van der Waals surface area contributed by atoms with E-state index >= 15 is 0 Å². The van der Waals surface area contributed by atoms with E-state index in [-0.39, 0.29) is 18.3 Å². The average Bonchev–Trinajstić information content (AvgIpc) is 2.49. The van der Waals surface area contributed by atoms with Crippen LogP contribution in [-0.2, 0) is 4.74 Å². The lowest BCUT2D eigenvalue weighted by molar-refractivity contribution is -0.105. The molecule has 1 saturated carbocycles. The summed E-state index contributed by atoms with van der Waals surface area (Å²) in [4.78, 5) is 0. The van der Waals surface area contributed by atoms with Gasteiger partial charge in [0.1, 0.15) is 5.75 Å². The lowest BCUT2D eigenvalue weighted by atomic mass is 9.82. The highest BCUT2D eigenvalue weighted by Crippen LogP contribution is 2.34. The molecule has 1 saturated heterocycles. The molecule has 1 aliphatic carbocycles. The first-order valence-corrected chi connectivity index (χ1v) is 7.89. The van der Waals surface area contributed by atoms with E-state index in [1.807, 2.05) is 12.1 Å². The number of aliphatic hydroxyl groups excluding tert-OH is 1. The van der Waals surface area contributed by atoms with Gasteiger partial charge in [-0.1, -0.05) is 25.0 Å². The third kappa shape index (κ3) is 3.33. The van der Waals surface area contributed by atoms with Crippen molar-refractivity contribution in [2.24, 2.45) is 0 Å². The largest absolute Gasteiger partial charge is 0.465 e. The number of benzene rings is 1. The quantitative estimate of drug-likeness (QED) is 0.916. The lowest BCUT2D eigenvalue weighted by Gasteiger charge is -2.28. The van der Waals surface area contributed by atoms with Gasteiger partial charge in [-0.05, 0) is 43.4 Å². The van der Waals surface area contributed by atoms with Gasteiger partial charge in [0.2, 0.25) is 0 Å². The van der Waals surface area contributed by atoms with E-state index in [0.29, 0.717) is 0 Å². The summed E-state index contributed by atoms with van der Waals surface area (Å²) in [7, 11) is 0. The Hall–Kier alpha value is -1.06. The Kier molecular flexibility index (Phi) is 4.58. The minimum absolute atomic E-state index is 0.102. The Balaban J connectivity index is 1.68. The Labute approximate surface area is 120 Å². The fourth-order valence-corrected chi connectivity index (χ4v) is 3.27. The molecule has 1 heterocycles. The van der Waals surface area contributed by atoms with E-state index in [2.05, 4.69) is 12.1 Å². The summed E-state index contributed by atoms with van der Waals surface area (Å²) in [6.07, 6.45) is 7.31. The van der Waals surface area contributed by atoms with Gasteiger partial charge in [0, 0.05) is 12.3 Å². The maximum atomic E-state index is 10.2. The molecule has 110 valence electrons. The molecular formula is C17H24O3. The zero-order valence-electron chi connectivity index (χ0n) is 12.0. The van der Waals surface area contributed by atoms with E-state index in [0.717, 1.165) is 44.5 Å². The topological polar surface area (TPSA) is 38.7 Å². The highest BCUT2D eigenvalue weighted by molar-refractivity contribution is 5.32. The molecule has 0 bridgehead atoms. The van der Waals surface area contributed by atoms with Crippen LogP contribution in [0.25, 0.3) is 0 Å². The van der Waals surface area contributed by atoms with Crippen molar-refractivity contribution in [2.75, 3.05) is 6.61 Å². The van der Waals surface area contributed by atoms with E-state index < -0.39 is 0 Å². The molecule has 0 amide bonds. The molecule has 1 aliphatic heterocycles. The van der Waals surface area contributed by atoms with Gasteiger partial charge in [-0.2, -0.15) is 0 Å². The zero-order valence-corrected chi connectivity index (χ0v) is 12.0. The summed E-state index contributed by atoms with van der Waals surface area (Å²) in [5.41, 5.74) is 1.20. The fraction of sp³-hybridized carbons (Fsp3) is 0.647. The molecule has 1 aromatic rings. The molecule has 0 radical (unpaired) electrons. The van der Waals surface area contributed by atoms with Gasteiger partial charge in [-0.3, -0.25) is 0 Å². The first kappa shape index (κ1) is 13.9. The molecule has 2 aliphatic rings. The van der Waals surface area contributed by atoms with Crippen molar-refractivity contribution in [1.82, 2.24) is 0 Å². The summed E-state index contributed by atoms with van der Waals surface area (Å²) in [6, 6.07) is 8.19. The van der Waals surface area contributed by atoms with Crippen molar-refractivity contribution in [3.8, 4) is 5.75 Å². The van der Waals surface area contributed by atoms with Crippen LogP contribution in [0.15, 0.2) is 24.3 Å². The number of hydrogen-bond donors (Lipinski definition) is 1. The molecule has 0 spiro atoms. The SMILES string of the molecule is O[C@H]1CCCC[C@@H]1c1cccc(OC2CCCCO2)c1. The molecule has 1 N–H and O–H groups in total. The minimum atomic E-state index is -0.204. The number of rotatable bonds is 3. The summed E-state index contributed by atoms with van der Waals surface area (Å²) in [5.74, 6) is 1.13. The van der Waals surface area contributed by atoms with Crippen LogP contribution < -0.4 is 4.74 Å². The van der Waals surface area contributed by atoms with Gasteiger partial charge >= 0.3 is 0 Å². The third-order valence-corrected chi connectivity index (χ3v) is 4.42. The lowest BCUT2D eigenvalue weighted by Crippen LogP contribution is -2.25. The van der Waals surface area contributed by atoms with Crippen molar-refractivity contribution < 1.29 is 14.6 Å². The van der Waals surface area contributed by atoms with Crippen molar-refractivity contribution >= 4 is 0 Å². The second-order valence-electron chi connectivity index (χ2n) is 5.94. The molecule has 2 fully saturated rings. The predicted molar refractivity (Wildman–Crippen MR) is 77.9 cm³/mol. The standard InChI is InChI=1S/C17H24O3/c18-16-9-2-1-8-15(16)13-6-5-7-14(12-13)20-17-10-3-4-11-19-17/h5-7,12,15-18H,1-4,8-11H2/t15-,16+,17?/m1/s1. The normalized spacial score (nSPS) is 30.9. The van der Waals surface area contributed by atoms with Gasteiger partial charge in [0.15, 0.2) is 6.29 Å². The van der Waals surface area contributed by atoms with Crippen LogP contribution in [-0.4, -0.2) is 24.1 Å². The second-order valence-corrected chi connectivity index (χ2v) is 5.94. The Morgan fingerprint density at radius 3 is 2.70 bits per heavy atom. The Morgan fingerprint density at radius 2 is 1.90 bits per heavy atom. The van der Waals surface area contributed by atoms with Gasteiger partial charge in [0.05, 0.1) is 12.7 Å².